The molecule has 0 rings (SSSR count). The van der Waals surface area contributed by atoms with Crippen molar-refractivity contribution in [3.8, 4) is 0 Å². The maximum absolute atomic E-state index is 11.0. The van der Waals surface area contributed by atoms with Gasteiger partial charge in [-0.2, -0.15) is 4.39 Å². The lowest BCUT2D eigenvalue weighted by Gasteiger charge is -1.89. The molecule has 0 saturated heterocycles. The van der Waals surface area contributed by atoms with Gasteiger partial charge >= 0.3 is 4.05 Å². The normalized spacial score (nSPS) is 9.75. The second-order valence-corrected chi connectivity index (χ2v) is 2.87. The van der Waals surface area contributed by atoms with E-state index >= 15 is 0 Å². The van der Waals surface area contributed by atoms with E-state index in [1.165, 1.54) is 0 Å². The molecule has 0 aliphatic heterocycles. The number of hydrogen-bond acceptors (Lipinski definition) is 0. The molecule has 0 bridgehead atoms. The van der Waals surface area contributed by atoms with Gasteiger partial charge in [0.2, 0.25) is 0 Å². The van der Waals surface area contributed by atoms with E-state index in [0.717, 1.165) is 0 Å². The molecule has 0 aliphatic rings. The molecule has 0 fully saturated rings. The van der Waals surface area contributed by atoms with Gasteiger partial charge in [-0.3, -0.25) is 0 Å². The Morgan fingerprint density at radius 3 is 1.25 bits per heavy atom. The second-order valence-electron chi connectivity index (χ2n) is 0.530. The summed E-state index contributed by atoms with van der Waals surface area (Å²) in [5, 5.41) is 0. The van der Waals surface area contributed by atoms with Crippen LogP contribution in [0.5, 0.6) is 0 Å². The average Bonchev–Trinajstić information content (AvgIpc) is 1.27. The third-order valence-corrected chi connectivity index (χ3v) is 0. The van der Waals surface area contributed by atoms with Crippen LogP contribution in [-0.2, 0) is 0 Å². The summed E-state index contributed by atoms with van der Waals surface area (Å²) in [5.41, 5.74) is 0. The number of alkyl halides is 6. The van der Waals surface area contributed by atoms with Gasteiger partial charge in [-0.15, -0.1) is 0 Å². The third-order valence-electron chi connectivity index (χ3n) is 0. The van der Waals surface area contributed by atoms with Crippen molar-refractivity contribution in [2.75, 3.05) is 6.13 Å². The molecule has 6 heteroatoms. The highest BCUT2D eigenvalue weighted by atomic mass is 35.6. The molecule has 0 unspecified atom stereocenters. The van der Waals surface area contributed by atoms with Crippen LogP contribution in [0.3, 0.4) is 0 Å². The highest BCUT2D eigenvalue weighted by molar-refractivity contribution is 6.66. The van der Waals surface area contributed by atoms with Gasteiger partial charge in [-0.05, 0) is 34.8 Å². The van der Waals surface area contributed by atoms with Crippen molar-refractivity contribution in [3.05, 3.63) is 0 Å². The lowest BCUT2D eigenvalue weighted by Crippen LogP contribution is -1.83. The van der Waals surface area contributed by atoms with Gasteiger partial charge in [-0.25, -0.2) is 4.39 Å². The Labute approximate surface area is 65.7 Å². The minimum absolute atomic E-state index is 0.778. The Balaban J connectivity index is 0. The zero-order valence-corrected chi connectivity index (χ0v) is 6.50. The topological polar surface area (TPSA) is 0 Å². The highest BCUT2D eigenvalue weighted by Gasteiger charge is 2.14. The Hall–Kier alpha value is 1.02. The summed E-state index contributed by atoms with van der Waals surface area (Å²) in [6.07, 6.45) is -0.778. The van der Waals surface area contributed by atoms with Crippen molar-refractivity contribution in [2.24, 2.45) is 0 Å². The summed E-state index contributed by atoms with van der Waals surface area (Å²) in [7, 11) is 0. The molecule has 0 heterocycles. The van der Waals surface area contributed by atoms with Crippen LogP contribution < -0.4 is 0 Å². The van der Waals surface area contributed by atoms with Crippen molar-refractivity contribution in [2.45, 2.75) is 4.05 Å². The van der Waals surface area contributed by atoms with Crippen LogP contribution in [0.4, 0.5) is 8.78 Å². The van der Waals surface area contributed by atoms with Crippen LogP contribution in [0.25, 0.3) is 0 Å². The fourth-order valence-corrected chi connectivity index (χ4v) is 0. The van der Waals surface area contributed by atoms with Crippen molar-refractivity contribution >= 4 is 46.4 Å². The van der Waals surface area contributed by atoms with E-state index in [0.29, 0.717) is 0 Å². The van der Waals surface area contributed by atoms with Gasteiger partial charge < -0.3 is 0 Å². The van der Waals surface area contributed by atoms with Gasteiger partial charge in [0.1, 0.15) is 0 Å². The van der Waals surface area contributed by atoms with Crippen molar-refractivity contribution in [1.82, 2.24) is 0 Å². The summed E-state index contributed by atoms with van der Waals surface area (Å²) in [4.78, 5) is 0. The fraction of sp³-hybridized carbons (Fsp3) is 1.00. The zero-order valence-electron chi connectivity index (χ0n) is 3.47. The Kier molecular flexibility index (Phi) is 9.04. The lowest BCUT2D eigenvalue weighted by atomic mass is 11.7. The summed E-state index contributed by atoms with van der Waals surface area (Å²) in [6, 6.07) is 0. The van der Waals surface area contributed by atoms with E-state index in [1.54, 1.807) is 0 Å². The van der Waals surface area contributed by atoms with Crippen LogP contribution >= 0.6 is 46.4 Å². The molecule has 52 valence electrons. The summed E-state index contributed by atoms with van der Waals surface area (Å²) in [6.45, 7) is 0. The molecule has 0 aliphatic carbocycles. The van der Waals surface area contributed by atoms with E-state index in [-0.39, 0.29) is 0 Å². The second kappa shape index (κ2) is 6.14. The summed E-state index contributed by atoms with van der Waals surface area (Å²) in [5.74, 6) is 0. The largest absolute Gasteiger partial charge is 0.333 e. The lowest BCUT2D eigenvalue weighted by molar-refractivity contribution is 0.507. The monoisotopic (exact) mass is 204 g/mol. The minimum Gasteiger partial charge on any atom is -0.234 e. The Bertz CT molecular complexity index is 35.8. The molecule has 0 radical (unpaired) electrons. The molecule has 0 aromatic carbocycles. The van der Waals surface area contributed by atoms with Crippen LogP contribution in [0.15, 0.2) is 0 Å². The first-order valence-electron chi connectivity index (χ1n) is 1.29. The first kappa shape index (κ1) is 11.8. The molecule has 0 nitrogen and oxygen atoms in total. The maximum atomic E-state index is 11.0. The van der Waals surface area contributed by atoms with Crippen LogP contribution in [0.1, 0.15) is 0 Å². The van der Waals surface area contributed by atoms with Gasteiger partial charge in [-0.1, -0.05) is 11.6 Å². The van der Waals surface area contributed by atoms with E-state index in [2.05, 4.69) is 46.4 Å². The van der Waals surface area contributed by atoms with Crippen LogP contribution in [-0.4, -0.2) is 10.2 Å². The first-order valence-corrected chi connectivity index (χ1v) is 2.96. The molecule has 0 saturated carbocycles. The molecule has 0 aromatic rings. The molecular weight excluding hydrogens is 204 g/mol. The average molecular weight is 206 g/mol. The van der Waals surface area contributed by atoms with Crippen LogP contribution in [0.2, 0.25) is 0 Å². The number of halogens is 6. The molecule has 0 aromatic heterocycles. The van der Waals surface area contributed by atoms with E-state index in [4.69, 9.17) is 0 Å². The molecule has 0 N–H and O–H groups in total. The zero-order chi connectivity index (χ0) is 7.21. The predicted octanol–water partition coefficient (Wildman–Crippen LogP) is 3.44. The number of hydrogen-bond donors (Lipinski definition) is 0. The van der Waals surface area contributed by atoms with E-state index < -0.39 is 10.2 Å². The smallest absolute Gasteiger partial charge is 0.234 e. The quantitative estimate of drug-likeness (QED) is 0.532. The molecule has 0 amide bonds. The highest BCUT2D eigenvalue weighted by Crippen LogP contribution is 2.26. The predicted molar refractivity (Wildman–Crippen MR) is 33.2 cm³/mol. The van der Waals surface area contributed by atoms with Crippen LogP contribution in [0, 0.1) is 0 Å². The SMILES string of the molecule is FC(Cl)(Cl)Cl.FCCl. The Morgan fingerprint density at radius 1 is 1.25 bits per heavy atom. The van der Waals surface area contributed by atoms with Crippen molar-refractivity contribution in [1.29, 1.82) is 0 Å². The summed E-state index contributed by atoms with van der Waals surface area (Å²) >= 11 is 17.5. The summed E-state index contributed by atoms with van der Waals surface area (Å²) < 4.78 is 18.5. The van der Waals surface area contributed by atoms with Gasteiger partial charge in [0, 0.05) is 0 Å². The standard InChI is InChI=1S/CCl3F.CH2ClF/c2-1(3,4)5;2-1-3/h;1H2. The first-order chi connectivity index (χ1) is 3.41. The maximum Gasteiger partial charge on any atom is 0.333 e. The van der Waals surface area contributed by atoms with E-state index in [9.17, 15) is 8.78 Å². The minimum atomic E-state index is -2.58. The van der Waals surface area contributed by atoms with Gasteiger partial charge in [0.05, 0.1) is 0 Å². The third kappa shape index (κ3) is 245. The Morgan fingerprint density at radius 2 is 1.25 bits per heavy atom. The van der Waals surface area contributed by atoms with Crippen molar-refractivity contribution < 1.29 is 8.78 Å². The van der Waals surface area contributed by atoms with E-state index in [1.807, 2.05) is 0 Å². The molecule has 0 atom stereocenters. The molecular formula is C2H2Cl4F2. The molecule has 0 spiro atoms. The fourth-order valence-electron chi connectivity index (χ4n) is 0. The van der Waals surface area contributed by atoms with Gasteiger partial charge in [0.25, 0.3) is 0 Å². The van der Waals surface area contributed by atoms with Crippen molar-refractivity contribution in [3.63, 3.8) is 0 Å². The molecule has 8 heavy (non-hydrogen) atoms. The number of rotatable bonds is 0. The van der Waals surface area contributed by atoms with Gasteiger partial charge in [0.15, 0.2) is 6.13 Å².